The van der Waals surface area contributed by atoms with Crippen molar-refractivity contribution in [2.24, 2.45) is 4.99 Å². The number of hydrogen-bond donors (Lipinski definition) is 2. The topological polar surface area (TPSA) is 103 Å². The SMILES string of the molecule is CN=C(NCc1ccccc1CS(=O)(=O)NC(C)C)N1CCN(Cc2ccon2)CC1.I. The van der Waals surface area contributed by atoms with Gasteiger partial charge in [0.2, 0.25) is 10.0 Å². The van der Waals surface area contributed by atoms with Crippen molar-refractivity contribution in [3.8, 4) is 0 Å². The van der Waals surface area contributed by atoms with Crippen LogP contribution in [-0.4, -0.2) is 68.6 Å². The molecule has 0 unspecified atom stereocenters. The van der Waals surface area contributed by atoms with Crippen molar-refractivity contribution >= 4 is 40.0 Å². The third-order valence-corrected chi connectivity index (χ3v) is 6.60. The molecule has 0 atom stereocenters. The molecule has 0 bridgehead atoms. The highest BCUT2D eigenvalue weighted by Gasteiger charge is 2.21. The Morgan fingerprint density at radius 3 is 2.44 bits per heavy atom. The molecule has 0 amide bonds. The number of benzene rings is 1. The molecule has 1 aliphatic heterocycles. The van der Waals surface area contributed by atoms with Crippen molar-refractivity contribution in [1.29, 1.82) is 0 Å². The lowest BCUT2D eigenvalue weighted by atomic mass is 10.1. The maximum absolute atomic E-state index is 12.4. The molecule has 32 heavy (non-hydrogen) atoms. The van der Waals surface area contributed by atoms with Crippen LogP contribution < -0.4 is 10.0 Å². The first kappa shape index (κ1) is 26.6. The summed E-state index contributed by atoms with van der Waals surface area (Å²) in [5.41, 5.74) is 2.67. The van der Waals surface area contributed by atoms with E-state index >= 15 is 0 Å². The molecule has 1 aromatic heterocycles. The molecule has 178 valence electrons. The minimum absolute atomic E-state index is 0. The first-order valence-corrected chi connectivity index (χ1v) is 12.2. The van der Waals surface area contributed by atoms with Crippen molar-refractivity contribution in [1.82, 2.24) is 25.0 Å². The molecule has 1 fully saturated rings. The van der Waals surface area contributed by atoms with Gasteiger partial charge in [-0.15, -0.1) is 24.0 Å². The average Bonchev–Trinajstić information content (AvgIpc) is 3.22. The van der Waals surface area contributed by atoms with Gasteiger partial charge in [0.05, 0.1) is 11.4 Å². The summed E-state index contributed by atoms with van der Waals surface area (Å²) in [6.45, 7) is 8.45. The summed E-state index contributed by atoms with van der Waals surface area (Å²) < 4.78 is 32.3. The second kappa shape index (κ2) is 12.5. The fourth-order valence-electron chi connectivity index (χ4n) is 3.65. The summed E-state index contributed by atoms with van der Waals surface area (Å²) in [5.74, 6) is 0.779. The molecule has 2 N–H and O–H groups in total. The molecule has 11 heteroatoms. The molecule has 1 saturated heterocycles. The Balaban J connectivity index is 0.00000363. The van der Waals surface area contributed by atoms with Crippen LogP contribution in [0.3, 0.4) is 0 Å². The van der Waals surface area contributed by atoms with E-state index in [1.54, 1.807) is 13.3 Å². The first-order valence-electron chi connectivity index (χ1n) is 10.5. The van der Waals surface area contributed by atoms with E-state index in [1.165, 1.54) is 0 Å². The van der Waals surface area contributed by atoms with Gasteiger partial charge >= 0.3 is 0 Å². The number of piperazine rings is 1. The van der Waals surface area contributed by atoms with Crippen LogP contribution in [0.15, 0.2) is 46.1 Å². The summed E-state index contributed by atoms with van der Waals surface area (Å²) in [6, 6.07) is 9.37. The summed E-state index contributed by atoms with van der Waals surface area (Å²) in [5, 5.41) is 7.38. The summed E-state index contributed by atoms with van der Waals surface area (Å²) in [6.07, 6.45) is 1.60. The van der Waals surface area contributed by atoms with E-state index in [0.29, 0.717) is 6.54 Å². The molecule has 9 nitrogen and oxygen atoms in total. The monoisotopic (exact) mass is 576 g/mol. The van der Waals surface area contributed by atoms with Crippen molar-refractivity contribution in [3.63, 3.8) is 0 Å². The van der Waals surface area contributed by atoms with Crippen LogP contribution in [0.5, 0.6) is 0 Å². The van der Waals surface area contributed by atoms with Crippen LogP contribution >= 0.6 is 24.0 Å². The highest BCUT2D eigenvalue weighted by molar-refractivity contribution is 14.0. The number of nitrogens with zero attached hydrogens (tertiary/aromatic N) is 4. The Hall–Kier alpha value is -1.70. The number of sulfonamides is 1. The van der Waals surface area contributed by atoms with E-state index in [0.717, 1.165) is 55.5 Å². The second-order valence-electron chi connectivity index (χ2n) is 7.96. The molecule has 0 aliphatic carbocycles. The number of halogens is 1. The Morgan fingerprint density at radius 1 is 1.16 bits per heavy atom. The highest BCUT2D eigenvalue weighted by Crippen LogP contribution is 2.13. The van der Waals surface area contributed by atoms with Crippen LogP contribution in [0.25, 0.3) is 0 Å². The van der Waals surface area contributed by atoms with Crippen molar-refractivity contribution in [3.05, 3.63) is 53.4 Å². The molecule has 2 heterocycles. The first-order chi connectivity index (χ1) is 14.9. The lowest BCUT2D eigenvalue weighted by Crippen LogP contribution is -2.52. The molecule has 2 aromatic rings. The Labute approximate surface area is 207 Å². The van der Waals surface area contributed by atoms with E-state index < -0.39 is 10.0 Å². The maximum Gasteiger partial charge on any atom is 0.216 e. The quantitative estimate of drug-likeness (QED) is 0.282. The fourth-order valence-corrected chi connectivity index (χ4v) is 5.14. The molecule has 3 rings (SSSR count). The van der Waals surface area contributed by atoms with Crippen LogP contribution in [0.1, 0.15) is 30.7 Å². The smallest absolute Gasteiger partial charge is 0.216 e. The molecular weight excluding hydrogens is 543 g/mol. The van der Waals surface area contributed by atoms with Gasteiger partial charge in [0.1, 0.15) is 6.26 Å². The van der Waals surface area contributed by atoms with E-state index in [4.69, 9.17) is 4.52 Å². The van der Waals surface area contributed by atoms with Gasteiger partial charge in [0.15, 0.2) is 5.96 Å². The van der Waals surface area contributed by atoms with Crippen molar-refractivity contribution in [2.75, 3.05) is 33.2 Å². The maximum atomic E-state index is 12.4. The third kappa shape index (κ3) is 8.01. The Morgan fingerprint density at radius 2 is 1.84 bits per heavy atom. The van der Waals surface area contributed by atoms with Crippen molar-refractivity contribution < 1.29 is 12.9 Å². The van der Waals surface area contributed by atoms with Gasteiger partial charge in [-0.25, -0.2) is 13.1 Å². The van der Waals surface area contributed by atoms with E-state index in [2.05, 4.69) is 30.0 Å². The Bertz CT molecular complexity index is 958. The van der Waals surface area contributed by atoms with Gasteiger partial charge in [-0.2, -0.15) is 0 Å². The normalized spacial score (nSPS) is 15.6. The molecule has 0 radical (unpaired) electrons. The number of hydrogen-bond acceptors (Lipinski definition) is 6. The molecule has 0 saturated carbocycles. The number of nitrogens with one attached hydrogen (secondary N) is 2. The van der Waals surface area contributed by atoms with Crippen molar-refractivity contribution in [2.45, 2.75) is 38.7 Å². The highest BCUT2D eigenvalue weighted by atomic mass is 127. The zero-order valence-electron chi connectivity index (χ0n) is 18.8. The van der Waals surface area contributed by atoms with Gasteiger partial charge in [-0.1, -0.05) is 29.4 Å². The largest absolute Gasteiger partial charge is 0.364 e. The minimum Gasteiger partial charge on any atom is -0.364 e. The third-order valence-electron chi connectivity index (χ3n) is 5.08. The standard InChI is InChI=1S/C21H32N6O3S.HI/c1-17(2)25-31(28,29)16-19-7-5-4-6-18(19)14-23-21(22-3)27-11-9-26(10-12-27)15-20-8-13-30-24-20;/h4-8,13,17,25H,9-12,14-16H2,1-3H3,(H,22,23);1H. The summed E-state index contributed by atoms with van der Waals surface area (Å²) in [7, 11) is -1.61. The lowest BCUT2D eigenvalue weighted by Gasteiger charge is -2.36. The van der Waals surface area contributed by atoms with E-state index in [1.807, 2.05) is 44.2 Å². The zero-order chi connectivity index (χ0) is 22.3. The number of rotatable bonds is 8. The van der Waals surface area contributed by atoms with E-state index in [9.17, 15) is 8.42 Å². The van der Waals surface area contributed by atoms with Crippen LogP contribution in [0, 0.1) is 0 Å². The van der Waals surface area contributed by atoms with Crippen LogP contribution in [-0.2, 0) is 28.9 Å². The van der Waals surface area contributed by atoms with Crippen LogP contribution in [0.4, 0.5) is 0 Å². The van der Waals surface area contributed by atoms with Gasteiger partial charge in [-0.3, -0.25) is 9.89 Å². The second-order valence-corrected chi connectivity index (χ2v) is 9.71. The lowest BCUT2D eigenvalue weighted by molar-refractivity contribution is 0.169. The zero-order valence-corrected chi connectivity index (χ0v) is 22.0. The Kier molecular flexibility index (Phi) is 10.4. The molecular formula is C21H33IN6O3S. The van der Waals surface area contributed by atoms with Gasteiger partial charge < -0.3 is 14.7 Å². The number of guanidine groups is 1. The molecule has 1 aliphatic rings. The van der Waals surface area contributed by atoms with Gasteiger partial charge in [-0.05, 0) is 25.0 Å². The minimum atomic E-state index is -3.38. The molecule has 0 spiro atoms. The van der Waals surface area contributed by atoms with E-state index in [-0.39, 0.29) is 35.8 Å². The summed E-state index contributed by atoms with van der Waals surface area (Å²) >= 11 is 0. The number of aliphatic imine (C=N–C) groups is 1. The van der Waals surface area contributed by atoms with Gasteiger partial charge in [0.25, 0.3) is 0 Å². The predicted octanol–water partition coefficient (Wildman–Crippen LogP) is 2.01. The van der Waals surface area contributed by atoms with Crippen LogP contribution in [0.2, 0.25) is 0 Å². The molecule has 1 aromatic carbocycles. The number of aromatic nitrogens is 1. The average molecular weight is 577 g/mol. The summed E-state index contributed by atoms with van der Waals surface area (Å²) in [4.78, 5) is 8.98. The van der Waals surface area contributed by atoms with Gasteiger partial charge in [0, 0.05) is 58.4 Å². The fraction of sp³-hybridized carbons (Fsp3) is 0.524. The predicted molar refractivity (Wildman–Crippen MR) is 136 cm³/mol.